The number of benzene rings is 1. The van der Waals surface area contributed by atoms with Crippen LogP contribution < -0.4 is 10.1 Å². The molecule has 0 heterocycles. The van der Waals surface area contributed by atoms with Gasteiger partial charge in [-0.2, -0.15) is 0 Å². The summed E-state index contributed by atoms with van der Waals surface area (Å²) >= 11 is 0. The lowest BCUT2D eigenvalue weighted by molar-refractivity contribution is 0.174. The highest BCUT2D eigenvalue weighted by molar-refractivity contribution is 5.84. The number of allylic oxidation sites excluding steroid dienone is 1. The van der Waals surface area contributed by atoms with E-state index in [1.165, 1.54) is 0 Å². The van der Waals surface area contributed by atoms with E-state index < -0.39 is 6.09 Å². The summed E-state index contributed by atoms with van der Waals surface area (Å²) in [4.78, 5) is 11.4. The predicted molar refractivity (Wildman–Crippen MR) is 67.4 cm³/mol. The molecule has 0 aromatic heterocycles. The molecule has 0 atom stereocenters. The van der Waals surface area contributed by atoms with Crippen molar-refractivity contribution in [3.05, 3.63) is 35.9 Å². The van der Waals surface area contributed by atoms with Crippen molar-refractivity contribution in [2.24, 2.45) is 0 Å². The van der Waals surface area contributed by atoms with Crippen LogP contribution in [-0.4, -0.2) is 19.8 Å². The Bertz CT molecular complexity index is 409. The van der Waals surface area contributed by atoms with Gasteiger partial charge < -0.3 is 9.47 Å². The zero-order valence-electron chi connectivity index (χ0n) is 10.3. The minimum atomic E-state index is -0.476. The Morgan fingerprint density at radius 3 is 2.82 bits per heavy atom. The van der Waals surface area contributed by atoms with Gasteiger partial charge in [0.1, 0.15) is 12.4 Å². The molecule has 0 saturated heterocycles. The van der Waals surface area contributed by atoms with Crippen molar-refractivity contribution in [1.82, 2.24) is 0 Å². The number of amides is 1. The van der Waals surface area contributed by atoms with Crippen LogP contribution in [0.1, 0.15) is 13.8 Å². The highest BCUT2D eigenvalue weighted by Gasteiger charge is 2.02. The van der Waals surface area contributed by atoms with Crippen molar-refractivity contribution in [3.63, 3.8) is 0 Å². The lowest BCUT2D eigenvalue weighted by Crippen LogP contribution is -2.13. The third kappa shape index (κ3) is 5.06. The minimum absolute atomic E-state index is 0.276. The van der Waals surface area contributed by atoms with Crippen LogP contribution in [0.2, 0.25) is 0 Å². The van der Waals surface area contributed by atoms with Crippen molar-refractivity contribution >= 4 is 11.8 Å². The van der Waals surface area contributed by atoms with Gasteiger partial charge in [0.2, 0.25) is 0 Å². The first-order chi connectivity index (χ1) is 8.11. The van der Waals surface area contributed by atoms with Crippen molar-refractivity contribution < 1.29 is 14.3 Å². The average Bonchev–Trinajstić information content (AvgIpc) is 2.28. The standard InChI is InChI=1S/C13H17NO3/c1-10(2)7-8-17-13(15)14-11-5-4-6-12(9-11)16-3/h4-7,9H,8H2,1-3H3,(H,14,15). The molecule has 1 amide bonds. The maximum atomic E-state index is 11.4. The summed E-state index contributed by atoms with van der Waals surface area (Å²) in [6, 6.07) is 7.09. The number of hydrogen-bond donors (Lipinski definition) is 1. The van der Waals surface area contributed by atoms with Crippen molar-refractivity contribution in [3.8, 4) is 5.75 Å². The van der Waals surface area contributed by atoms with Gasteiger partial charge in [0.15, 0.2) is 0 Å². The lowest BCUT2D eigenvalue weighted by atomic mass is 10.3. The molecule has 1 aromatic carbocycles. The zero-order chi connectivity index (χ0) is 12.7. The summed E-state index contributed by atoms with van der Waals surface area (Å²) in [5, 5.41) is 2.62. The summed E-state index contributed by atoms with van der Waals surface area (Å²) in [6.45, 7) is 4.17. The van der Waals surface area contributed by atoms with Crippen LogP contribution in [0.25, 0.3) is 0 Å². The first kappa shape index (κ1) is 13.1. The molecule has 0 aliphatic rings. The molecular weight excluding hydrogens is 218 g/mol. The van der Waals surface area contributed by atoms with Crippen LogP contribution in [0, 0.1) is 0 Å². The van der Waals surface area contributed by atoms with E-state index in [-0.39, 0.29) is 6.61 Å². The summed E-state index contributed by atoms with van der Waals surface area (Å²) in [7, 11) is 1.58. The molecule has 1 N–H and O–H groups in total. The van der Waals surface area contributed by atoms with Crippen LogP contribution in [0.15, 0.2) is 35.9 Å². The van der Waals surface area contributed by atoms with Crippen molar-refractivity contribution in [2.45, 2.75) is 13.8 Å². The number of ether oxygens (including phenoxy) is 2. The number of anilines is 1. The molecule has 0 spiro atoms. The number of hydrogen-bond acceptors (Lipinski definition) is 3. The summed E-state index contributed by atoms with van der Waals surface area (Å²) in [5.41, 5.74) is 1.76. The molecule has 0 unspecified atom stereocenters. The fourth-order valence-electron chi connectivity index (χ4n) is 1.14. The highest BCUT2D eigenvalue weighted by Crippen LogP contribution is 2.16. The second-order valence-corrected chi connectivity index (χ2v) is 3.74. The zero-order valence-corrected chi connectivity index (χ0v) is 10.3. The molecule has 17 heavy (non-hydrogen) atoms. The number of methoxy groups -OCH3 is 1. The van der Waals surface area contributed by atoms with Gasteiger partial charge in [-0.1, -0.05) is 11.6 Å². The van der Waals surface area contributed by atoms with Gasteiger partial charge in [-0.3, -0.25) is 5.32 Å². The quantitative estimate of drug-likeness (QED) is 0.815. The molecule has 0 bridgehead atoms. The lowest BCUT2D eigenvalue weighted by Gasteiger charge is -2.06. The highest BCUT2D eigenvalue weighted by atomic mass is 16.5. The van der Waals surface area contributed by atoms with Crippen molar-refractivity contribution in [2.75, 3.05) is 19.0 Å². The van der Waals surface area contributed by atoms with Gasteiger partial charge in [-0.15, -0.1) is 0 Å². The van der Waals surface area contributed by atoms with E-state index in [0.717, 1.165) is 5.57 Å². The van der Waals surface area contributed by atoms with Gasteiger partial charge in [0, 0.05) is 11.8 Å². The second-order valence-electron chi connectivity index (χ2n) is 3.74. The molecule has 1 rings (SSSR count). The van der Waals surface area contributed by atoms with Crippen LogP contribution in [0.3, 0.4) is 0 Å². The fraction of sp³-hybridized carbons (Fsp3) is 0.308. The maximum absolute atomic E-state index is 11.4. The number of nitrogens with one attached hydrogen (secondary N) is 1. The van der Waals surface area contributed by atoms with Gasteiger partial charge >= 0.3 is 6.09 Å². The normalized spacial score (nSPS) is 9.35. The first-order valence-electron chi connectivity index (χ1n) is 5.33. The Labute approximate surface area is 101 Å². The van der Waals surface area contributed by atoms with E-state index in [4.69, 9.17) is 9.47 Å². The van der Waals surface area contributed by atoms with Gasteiger partial charge in [0.05, 0.1) is 7.11 Å². The number of carbonyl (C=O) groups excluding carboxylic acids is 1. The molecule has 1 aromatic rings. The molecule has 92 valence electrons. The van der Waals surface area contributed by atoms with Crippen LogP contribution >= 0.6 is 0 Å². The number of rotatable bonds is 4. The Morgan fingerprint density at radius 2 is 2.18 bits per heavy atom. The van der Waals surface area contributed by atoms with Crippen LogP contribution in [0.4, 0.5) is 10.5 Å². The van der Waals surface area contributed by atoms with E-state index in [9.17, 15) is 4.79 Å². The van der Waals surface area contributed by atoms with Crippen LogP contribution in [-0.2, 0) is 4.74 Å². The largest absolute Gasteiger partial charge is 0.497 e. The van der Waals surface area contributed by atoms with Crippen LogP contribution in [0.5, 0.6) is 5.75 Å². The van der Waals surface area contributed by atoms with Gasteiger partial charge in [-0.05, 0) is 32.1 Å². The molecule has 0 aliphatic carbocycles. The summed E-state index contributed by atoms with van der Waals surface area (Å²) in [5.74, 6) is 0.687. The van der Waals surface area contributed by atoms with E-state index in [0.29, 0.717) is 11.4 Å². The third-order valence-electron chi connectivity index (χ3n) is 2.02. The Kier molecular flexibility index (Phi) is 5.07. The smallest absolute Gasteiger partial charge is 0.411 e. The molecule has 0 fully saturated rings. The average molecular weight is 235 g/mol. The Hall–Kier alpha value is -1.97. The van der Waals surface area contributed by atoms with Gasteiger partial charge in [0.25, 0.3) is 0 Å². The Morgan fingerprint density at radius 1 is 1.41 bits per heavy atom. The van der Waals surface area contributed by atoms with E-state index in [2.05, 4.69) is 5.32 Å². The summed E-state index contributed by atoms with van der Waals surface area (Å²) < 4.78 is 10.0. The second kappa shape index (κ2) is 6.58. The Balaban J connectivity index is 2.47. The monoisotopic (exact) mass is 235 g/mol. The topological polar surface area (TPSA) is 47.6 Å². The third-order valence-corrected chi connectivity index (χ3v) is 2.02. The number of carbonyl (C=O) groups is 1. The molecular formula is C13H17NO3. The fourth-order valence-corrected chi connectivity index (χ4v) is 1.14. The molecule has 0 aliphatic heterocycles. The molecule has 0 radical (unpaired) electrons. The van der Waals surface area contributed by atoms with Crippen molar-refractivity contribution in [1.29, 1.82) is 0 Å². The maximum Gasteiger partial charge on any atom is 0.411 e. The van der Waals surface area contributed by atoms with E-state index >= 15 is 0 Å². The van der Waals surface area contributed by atoms with Gasteiger partial charge in [-0.25, -0.2) is 4.79 Å². The van der Waals surface area contributed by atoms with E-state index in [1.807, 2.05) is 19.9 Å². The van der Waals surface area contributed by atoms with E-state index in [1.54, 1.807) is 31.4 Å². The summed E-state index contributed by atoms with van der Waals surface area (Å²) in [6.07, 6.45) is 1.36. The minimum Gasteiger partial charge on any atom is -0.497 e. The molecule has 4 nitrogen and oxygen atoms in total. The SMILES string of the molecule is COc1cccc(NC(=O)OCC=C(C)C)c1. The molecule has 0 saturated carbocycles. The predicted octanol–water partition coefficient (Wildman–Crippen LogP) is 3.21. The molecule has 4 heteroatoms. The first-order valence-corrected chi connectivity index (χ1v) is 5.33.